The van der Waals surface area contributed by atoms with Crippen molar-refractivity contribution >= 4 is 45.2 Å². The number of nitrogens with zero attached hydrogens (tertiary/aromatic N) is 3. The van der Waals surface area contributed by atoms with Crippen molar-refractivity contribution in [2.75, 3.05) is 11.1 Å². The van der Waals surface area contributed by atoms with E-state index in [1.165, 1.54) is 23.1 Å². The zero-order chi connectivity index (χ0) is 18.8. The summed E-state index contributed by atoms with van der Waals surface area (Å²) in [7, 11) is 0. The van der Waals surface area contributed by atoms with Gasteiger partial charge in [0.2, 0.25) is 5.91 Å². The van der Waals surface area contributed by atoms with E-state index in [0.29, 0.717) is 5.13 Å². The van der Waals surface area contributed by atoms with Crippen LogP contribution in [0.25, 0.3) is 22.4 Å². The Labute approximate surface area is 164 Å². The molecule has 0 aliphatic rings. The molecule has 4 rings (SSSR count). The summed E-state index contributed by atoms with van der Waals surface area (Å²) in [6.45, 7) is 3.93. The number of hydrogen-bond donors (Lipinski definition) is 2. The second-order valence-corrected chi connectivity index (χ2v) is 8.12. The zero-order valence-corrected chi connectivity index (χ0v) is 16.4. The Balaban J connectivity index is 1.50. The highest BCUT2D eigenvalue weighted by Crippen LogP contribution is 2.29. The molecule has 0 aliphatic heterocycles. The Morgan fingerprint density at radius 2 is 2.04 bits per heavy atom. The van der Waals surface area contributed by atoms with Crippen LogP contribution in [-0.4, -0.2) is 31.6 Å². The fourth-order valence-electron chi connectivity index (χ4n) is 2.58. The number of aromatic nitrogens is 4. The summed E-state index contributed by atoms with van der Waals surface area (Å²) in [5.41, 5.74) is 3.70. The van der Waals surface area contributed by atoms with Gasteiger partial charge in [0.25, 0.3) is 0 Å². The van der Waals surface area contributed by atoms with E-state index < -0.39 is 0 Å². The number of rotatable bonds is 5. The zero-order valence-electron chi connectivity index (χ0n) is 14.8. The normalized spacial score (nSPS) is 11.0. The summed E-state index contributed by atoms with van der Waals surface area (Å²) >= 11 is 2.87. The van der Waals surface area contributed by atoms with Crippen molar-refractivity contribution < 1.29 is 4.79 Å². The lowest BCUT2D eigenvalue weighted by Crippen LogP contribution is -2.14. The number of carbonyl (C=O) groups excluding carboxylic acids is 1. The summed E-state index contributed by atoms with van der Waals surface area (Å²) in [5.74, 6) is 0.899. The maximum absolute atomic E-state index is 12.3. The molecule has 0 unspecified atom stereocenters. The molecule has 1 aromatic carbocycles. The van der Waals surface area contributed by atoms with Crippen molar-refractivity contribution in [3.05, 3.63) is 53.2 Å². The maximum atomic E-state index is 12.3. The second kappa shape index (κ2) is 7.50. The molecular weight excluding hydrogens is 378 g/mol. The predicted molar refractivity (Wildman–Crippen MR) is 110 cm³/mol. The minimum atomic E-state index is -0.102. The van der Waals surface area contributed by atoms with E-state index in [1.807, 2.05) is 50.2 Å². The molecular formula is C19H17N5OS2. The Morgan fingerprint density at radius 1 is 1.19 bits per heavy atom. The highest BCUT2D eigenvalue weighted by atomic mass is 32.2. The molecule has 136 valence electrons. The Morgan fingerprint density at radius 3 is 2.81 bits per heavy atom. The van der Waals surface area contributed by atoms with Gasteiger partial charge >= 0.3 is 0 Å². The van der Waals surface area contributed by atoms with Gasteiger partial charge in [0.05, 0.1) is 22.5 Å². The Hall–Kier alpha value is -2.71. The van der Waals surface area contributed by atoms with Crippen LogP contribution >= 0.6 is 23.1 Å². The summed E-state index contributed by atoms with van der Waals surface area (Å²) in [5, 5.41) is 4.25. The van der Waals surface area contributed by atoms with Gasteiger partial charge in [-0.25, -0.2) is 15.0 Å². The molecule has 27 heavy (non-hydrogen) atoms. The van der Waals surface area contributed by atoms with Crippen molar-refractivity contribution in [3.8, 4) is 11.4 Å². The number of nitrogens with one attached hydrogen (secondary N) is 2. The van der Waals surface area contributed by atoms with Gasteiger partial charge in [-0.3, -0.25) is 4.79 Å². The van der Waals surface area contributed by atoms with E-state index in [-0.39, 0.29) is 11.7 Å². The van der Waals surface area contributed by atoms with Crippen LogP contribution in [0.5, 0.6) is 0 Å². The highest BCUT2D eigenvalue weighted by molar-refractivity contribution is 8.00. The van der Waals surface area contributed by atoms with E-state index in [0.717, 1.165) is 38.0 Å². The molecule has 0 aliphatic carbocycles. The van der Waals surface area contributed by atoms with E-state index in [2.05, 4.69) is 25.3 Å². The molecule has 0 spiro atoms. The topological polar surface area (TPSA) is 83.6 Å². The van der Waals surface area contributed by atoms with Gasteiger partial charge < -0.3 is 10.3 Å². The van der Waals surface area contributed by atoms with Gasteiger partial charge in [-0.15, -0.1) is 11.3 Å². The molecule has 0 radical (unpaired) electrons. The molecule has 3 heterocycles. The number of hydrogen-bond acceptors (Lipinski definition) is 6. The average molecular weight is 396 g/mol. The molecule has 2 N–H and O–H groups in total. The van der Waals surface area contributed by atoms with Crippen molar-refractivity contribution in [2.45, 2.75) is 18.9 Å². The first-order valence-corrected chi connectivity index (χ1v) is 10.2. The third-order valence-electron chi connectivity index (χ3n) is 4.03. The van der Waals surface area contributed by atoms with Crippen molar-refractivity contribution in [2.24, 2.45) is 0 Å². The fraction of sp³-hybridized carbons (Fsp3) is 0.158. The fourth-order valence-corrected chi connectivity index (χ4v) is 4.21. The first-order valence-electron chi connectivity index (χ1n) is 8.37. The number of aryl methyl sites for hydroxylation is 2. The summed E-state index contributed by atoms with van der Waals surface area (Å²) < 4.78 is 0. The minimum Gasteiger partial charge on any atom is -0.338 e. The van der Waals surface area contributed by atoms with Crippen molar-refractivity contribution in [1.82, 2.24) is 19.9 Å². The summed E-state index contributed by atoms with van der Waals surface area (Å²) in [6.07, 6.45) is 1.72. The number of benzene rings is 1. The van der Waals surface area contributed by atoms with Crippen molar-refractivity contribution in [3.63, 3.8) is 0 Å². The van der Waals surface area contributed by atoms with Crippen molar-refractivity contribution in [1.29, 1.82) is 0 Å². The molecule has 1 amide bonds. The number of aromatic amines is 1. The maximum Gasteiger partial charge on any atom is 0.236 e. The minimum absolute atomic E-state index is 0.102. The van der Waals surface area contributed by atoms with E-state index in [1.54, 1.807) is 6.20 Å². The Bertz CT molecular complexity index is 1070. The SMILES string of the molecule is Cc1nc(NC(=O)CSc2ncccc2-c2nc3ccccc3[nH]2)sc1C. The Kier molecular flexibility index (Phi) is 4.91. The number of imidazole rings is 1. The van der Waals surface area contributed by atoms with Crippen LogP contribution in [0.3, 0.4) is 0 Å². The van der Waals surface area contributed by atoms with E-state index in [9.17, 15) is 4.79 Å². The number of carbonyl (C=O) groups is 1. The standard InChI is InChI=1S/C19H17N5OS2/c1-11-12(2)27-19(21-11)24-16(25)10-26-18-13(6-5-9-20-18)17-22-14-7-3-4-8-15(14)23-17/h3-9H,10H2,1-2H3,(H,22,23)(H,21,24,25). The number of thioether (sulfide) groups is 1. The molecule has 0 bridgehead atoms. The monoisotopic (exact) mass is 395 g/mol. The van der Waals surface area contributed by atoms with Crippen LogP contribution in [-0.2, 0) is 4.79 Å². The lowest BCUT2D eigenvalue weighted by atomic mass is 10.3. The van der Waals surface area contributed by atoms with Gasteiger partial charge in [-0.05, 0) is 38.1 Å². The number of thiazole rings is 1. The number of H-pyrrole nitrogens is 1. The first kappa shape index (κ1) is 17.7. The molecule has 0 saturated heterocycles. The van der Waals surface area contributed by atoms with E-state index in [4.69, 9.17) is 0 Å². The highest BCUT2D eigenvalue weighted by Gasteiger charge is 2.14. The molecule has 0 atom stereocenters. The van der Waals surface area contributed by atoms with Crippen LogP contribution in [0.1, 0.15) is 10.6 Å². The number of para-hydroxylation sites is 2. The first-order chi connectivity index (χ1) is 13.1. The quantitative estimate of drug-likeness (QED) is 0.489. The number of pyridine rings is 1. The molecule has 8 heteroatoms. The van der Waals surface area contributed by atoms with Gasteiger partial charge in [-0.2, -0.15) is 0 Å². The lowest BCUT2D eigenvalue weighted by Gasteiger charge is -2.05. The second-order valence-electron chi connectivity index (χ2n) is 5.96. The lowest BCUT2D eigenvalue weighted by molar-refractivity contribution is -0.113. The third-order valence-corrected chi connectivity index (χ3v) is 6.02. The van der Waals surface area contributed by atoms with Crippen LogP contribution in [0, 0.1) is 13.8 Å². The molecule has 3 aromatic heterocycles. The smallest absolute Gasteiger partial charge is 0.236 e. The van der Waals surface area contributed by atoms with Gasteiger partial charge in [0, 0.05) is 16.6 Å². The molecule has 0 saturated carbocycles. The largest absolute Gasteiger partial charge is 0.338 e. The number of amides is 1. The van der Waals surface area contributed by atoms with Gasteiger partial charge in [0.15, 0.2) is 5.13 Å². The molecule has 6 nitrogen and oxygen atoms in total. The van der Waals surface area contributed by atoms with Gasteiger partial charge in [-0.1, -0.05) is 23.9 Å². The molecule has 4 aromatic rings. The third kappa shape index (κ3) is 3.86. The van der Waals surface area contributed by atoms with Crippen LogP contribution in [0.4, 0.5) is 5.13 Å². The molecule has 0 fully saturated rings. The van der Waals surface area contributed by atoms with E-state index >= 15 is 0 Å². The predicted octanol–water partition coefficient (Wildman–Crippen LogP) is 4.43. The van der Waals surface area contributed by atoms with Crippen LogP contribution < -0.4 is 5.32 Å². The summed E-state index contributed by atoms with van der Waals surface area (Å²) in [4.78, 5) is 30.1. The van der Waals surface area contributed by atoms with Gasteiger partial charge in [0.1, 0.15) is 10.9 Å². The number of anilines is 1. The number of fused-ring (bicyclic) bond motifs is 1. The van der Waals surface area contributed by atoms with Crippen LogP contribution in [0.2, 0.25) is 0 Å². The van der Waals surface area contributed by atoms with Crippen LogP contribution in [0.15, 0.2) is 47.6 Å². The summed E-state index contributed by atoms with van der Waals surface area (Å²) in [6, 6.07) is 11.7. The average Bonchev–Trinajstić information content (AvgIpc) is 3.23.